The lowest BCUT2D eigenvalue weighted by molar-refractivity contribution is 0.808. The summed E-state index contributed by atoms with van der Waals surface area (Å²) in [5.74, 6) is 2.12. The summed E-state index contributed by atoms with van der Waals surface area (Å²) in [5.41, 5.74) is 3.75. The van der Waals surface area contributed by atoms with Gasteiger partial charge in [0.05, 0.1) is 5.69 Å². The summed E-state index contributed by atoms with van der Waals surface area (Å²) in [4.78, 5) is 11.5. The lowest BCUT2D eigenvalue weighted by atomic mass is 10.0. The van der Waals surface area contributed by atoms with Crippen LogP contribution in [0, 0.1) is 6.92 Å². The second-order valence-electron chi connectivity index (χ2n) is 6.83. The highest BCUT2D eigenvalue weighted by Gasteiger charge is 2.22. The molecule has 0 saturated carbocycles. The van der Waals surface area contributed by atoms with E-state index in [1.165, 1.54) is 18.4 Å². The number of halogens is 1. The number of anilines is 1. The largest absolute Gasteiger partial charge is 0.355 e. The molecule has 0 radical (unpaired) electrons. The Morgan fingerprint density at radius 2 is 1.88 bits per heavy atom. The van der Waals surface area contributed by atoms with Crippen molar-refractivity contribution in [2.75, 3.05) is 18.0 Å². The Morgan fingerprint density at radius 1 is 1.12 bits per heavy atom. The van der Waals surface area contributed by atoms with Crippen LogP contribution in [-0.2, 0) is 0 Å². The first-order valence-corrected chi connectivity index (χ1v) is 9.48. The van der Waals surface area contributed by atoms with E-state index in [-0.39, 0.29) is 0 Å². The summed E-state index contributed by atoms with van der Waals surface area (Å²) >= 11 is 3.68. The number of nitrogens with zero attached hydrogens (tertiary/aromatic N) is 6. The molecule has 1 aromatic carbocycles. The molecule has 25 heavy (non-hydrogen) atoms. The number of hydrogen-bond acceptors (Lipinski definition) is 5. The molecule has 0 atom stereocenters. The predicted molar refractivity (Wildman–Crippen MR) is 102 cm³/mol. The van der Waals surface area contributed by atoms with Crippen LogP contribution in [0.3, 0.4) is 0 Å². The number of aromatic nitrogens is 5. The first-order chi connectivity index (χ1) is 12.0. The molecule has 2 aromatic heterocycles. The van der Waals surface area contributed by atoms with Crippen molar-refractivity contribution in [1.82, 2.24) is 25.0 Å². The van der Waals surface area contributed by atoms with Gasteiger partial charge in [-0.1, -0.05) is 25.1 Å². The van der Waals surface area contributed by atoms with E-state index in [0.29, 0.717) is 5.92 Å². The van der Waals surface area contributed by atoms with Crippen molar-refractivity contribution >= 4 is 32.9 Å². The van der Waals surface area contributed by atoms with Gasteiger partial charge in [-0.2, -0.15) is 4.68 Å². The van der Waals surface area contributed by atoms with E-state index in [2.05, 4.69) is 73.2 Å². The maximum Gasteiger partial charge on any atom is 0.189 e. The molecule has 0 amide bonds. The van der Waals surface area contributed by atoms with Crippen LogP contribution in [0.25, 0.3) is 16.9 Å². The maximum atomic E-state index is 4.64. The smallest absolute Gasteiger partial charge is 0.189 e. The molecular weight excluding hydrogens is 380 g/mol. The molecule has 3 aromatic rings. The monoisotopic (exact) mass is 400 g/mol. The zero-order chi connectivity index (χ0) is 17.6. The Labute approximate surface area is 155 Å². The van der Waals surface area contributed by atoms with E-state index >= 15 is 0 Å². The highest BCUT2D eigenvalue weighted by molar-refractivity contribution is 9.10. The lowest BCUT2D eigenvalue weighted by Gasteiger charge is -2.16. The van der Waals surface area contributed by atoms with Crippen molar-refractivity contribution in [3.8, 4) is 5.69 Å². The van der Waals surface area contributed by atoms with Gasteiger partial charge in [-0.3, -0.25) is 0 Å². The van der Waals surface area contributed by atoms with Gasteiger partial charge in [-0.05, 0) is 59.3 Å². The SMILES string of the molecule is Cc1nc(N2CCCC2)c2nnn(-c3ccc(C(C)C)cc3Br)c2n1. The standard InChI is InChI=1S/C18H21BrN6/c1-11(2)13-6-7-15(14(19)10-13)25-18-16(22-23-25)17(20-12(3)21-18)24-8-4-5-9-24/h6-7,10-11H,4-5,8-9H2,1-3H3. The third-order valence-electron chi connectivity index (χ3n) is 4.67. The zero-order valence-corrected chi connectivity index (χ0v) is 16.3. The topological polar surface area (TPSA) is 59.7 Å². The first-order valence-electron chi connectivity index (χ1n) is 8.69. The van der Waals surface area contributed by atoms with Gasteiger partial charge in [0.2, 0.25) is 0 Å². The van der Waals surface area contributed by atoms with Crippen molar-refractivity contribution in [1.29, 1.82) is 0 Å². The second-order valence-corrected chi connectivity index (χ2v) is 7.68. The molecule has 0 unspecified atom stereocenters. The van der Waals surface area contributed by atoms with Gasteiger partial charge in [0, 0.05) is 17.6 Å². The number of benzene rings is 1. The summed E-state index contributed by atoms with van der Waals surface area (Å²) in [5, 5.41) is 8.79. The minimum absolute atomic E-state index is 0.476. The quantitative estimate of drug-likeness (QED) is 0.664. The second kappa shape index (κ2) is 6.37. The van der Waals surface area contributed by atoms with Crippen LogP contribution >= 0.6 is 15.9 Å². The van der Waals surface area contributed by atoms with E-state index in [0.717, 1.165) is 46.1 Å². The molecule has 0 bridgehead atoms. The van der Waals surface area contributed by atoms with Crippen molar-refractivity contribution in [2.45, 2.75) is 39.5 Å². The minimum atomic E-state index is 0.476. The molecule has 1 aliphatic rings. The van der Waals surface area contributed by atoms with Crippen LogP contribution < -0.4 is 4.90 Å². The summed E-state index contributed by atoms with van der Waals surface area (Å²) in [6.07, 6.45) is 2.39. The van der Waals surface area contributed by atoms with E-state index in [4.69, 9.17) is 0 Å². The summed E-state index contributed by atoms with van der Waals surface area (Å²) in [7, 11) is 0. The Balaban J connectivity index is 1.86. The molecule has 1 fully saturated rings. The minimum Gasteiger partial charge on any atom is -0.355 e. The van der Waals surface area contributed by atoms with Gasteiger partial charge in [0.1, 0.15) is 5.82 Å². The normalized spacial score (nSPS) is 14.8. The Bertz CT molecular complexity index is 927. The van der Waals surface area contributed by atoms with Crippen molar-refractivity contribution < 1.29 is 0 Å². The molecular formula is C18H21BrN6. The molecule has 3 heterocycles. The highest BCUT2D eigenvalue weighted by atomic mass is 79.9. The summed E-state index contributed by atoms with van der Waals surface area (Å²) in [6.45, 7) is 8.33. The van der Waals surface area contributed by atoms with Crippen molar-refractivity contribution in [3.05, 3.63) is 34.1 Å². The molecule has 4 rings (SSSR count). The Kier molecular flexibility index (Phi) is 4.19. The predicted octanol–water partition coefficient (Wildman–Crippen LogP) is 4.01. The number of aryl methyl sites for hydroxylation is 1. The highest BCUT2D eigenvalue weighted by Crippen LogP contribution is 2.30. The molecule has 130 valence electrons. The van der Waals surface area contributed by atoms with Crippen LogP contribution in [0.2, 0.25) is 0 Å². The summed E-state index contributed by atoms with van der Waals surface area (Å²) in [6, 6.07) is 6.34. The maximum absolute atomic E-state index is 4.64. The third kappa shape index (κ3) is 2.90. The van der Waals surface area contributed by atoms with Gasteiger partial charge in [-0.15, -0.1) is 5.10 Å². The molecule has 0 N–H and O–H groups in total. The molecule has 7 heteroatoms. The van der Waals surface area contributed by atoms with Gasteiger partial charge < -0.3 is 4.90 Å². The molecule has 1 aliphatic heterocycles. The van der Waals surface area contributed by atoms with E-state index in [1.807, 2.05) is 6.92 Å². The van der Waals surface area contributed by atoms with Gasteiger partial charge in [0.25, 0.3) is 0 Å². The molecule has 1 saturated heterocycles. The van der Waals surface area contributed by atoms with Crippen molar-refractivity contribution in [3.63, 3.8) is 0 Å². The van der Waals surface area contributed by atoms with Crippen LogP contribution in [0.4, 0.5) is 5.82 Å². The fourth-order valence-electron chi connectivity index (χ4n) is 3.27. The average Bonchev–Trinajstić information content (AvgIpc) is 3.23. The molecule has 0 aliphatic carbocycles. The van der Waals surface area contributed by atoms with E-state index in [9.17, 15) is 0 Å². The lowest BCUT2D eigenvalue weighted by Crippen LogP contribution is -2.20. The Hall–Kier alpha value is -2.02. The van der Waals surface area contributed by atoms with Gasteiger partial charge >= 0.3 is 0 Å². The van der Waals surface area contributed by atoms with E-state index < -0.39 is 0 Å². The fourth-order valence-corrected chi connectivity index (χ4v) is 3.84. The molecule has 6 nitrogen and oxygen atoms in total. The summed E-state index contributed by atoms with van der Waals surface area (Å²) < 4.78 is 2.79. The van der Waals surface area contributed by atoms with Gasteiger partial charge in [0.15, 0.2) is 17.0 Å². The fraction of sp³-hybridized carbons (Fsp3) is 0.444. The Morgan fingerprint density at radius 3 is 2.56 bits per heavy atom. The number of hydrogen-bond donors (Lipinski definition) is 0. The van der Waals surface area contributed by atoms with Crippen LogP contribution in [0.5, 0.6) is 0 Å². The zero-order valence-electron chi connectivity index (χ0n) is 14.7. The van der Waals surface area contributed by atoms with Gasteiger partial charge in [-0.25, -0.2) is 9.97 Å². The van der Waals surface area contributed by atoms with Crippen LogP contribution in [-0.4, -0.2) is 38.1 Å². The molecule has 0 spiro atoms. The number of fused-ring (bicyclic) bond motifs is 1. The van der Waals surface area contributed by atoms with Crippen LogP contribution in [0.15, 0.2) is 22.7 Å². The van der Waals surface area contributed by atoms with Crippen molar-refractivity contribution in [2.24, 2.45) is 0 Å². The third-order valence-corrected chi connectivity index (χ3v) is 5.30. The average molecular weight is 401 g/mol. The van der Waals surface area contributed by atoms with E-state index in [1.54, 1.807) is 4.68 Å². The first kappa shape index (κ1) is 16.4. The van der Waals surface area contributed by atoms with Crippen LogP contribution in [0.1, 0.15) is 44.0 Å². The number of rotatable bonds is 3.